The average molecular weight is 320 g/mol. The van der Waals surface area contributed by atoms with Gasteiger partial charge in [-0.2, -0.15) is 0 Å². The molecule has 1 amide bonds. The van der Waals surface area contributed by atoms with E-state index in [0.717, 1.165) is 0 Å². The molecule has 2 aliphatic rings. The molecule has 2 aliphatic heterocycles. The lowest BCUT2D eigenvalue weighted by molar-refractivity contribution is -0.131. The van der Waals surface area contributed by atoms with Crippen LogP contribution in [0.25, 0.3) is 0 Å². The molecule has 0 aromatic heterocycles. The van der Waals surface area contributed by atoms with Crippen LogP contribution in [0.5, 0.6) is 0 Å². The number of hydrogen-bond donors (Lipinski definition) is 2. The first-order valence-electron chi connectivity index (χ1n) is 7.51. The van der Waals surface area contributed by atoms with Crippen molar-refractivity contribution >= 4 is 18.0 Å². The third-order valence-corrected chi connectivity index (χ3v) is 4.60. The Morgan fingerprint density at radius 2 is 2.22 bits per heavy atom. The molecule has 3 rings (SSSR count). The smallest absolute Gasteiger partial charge is 0.254 e. The van der Waals surface area contributed by atoms with E-state index in [1.165, 1.54) is 6.07 Å². The maximum atomic E-state index is 14.3. The molecule has 2 atom stereocenters. The minimum absolute atomic E-state index is 0.150. The molecule has 23 heavy (non-hydrogen) atoms. The van der Waals surface area contributed by atoms with Gasteiger partial charge < -0.3 is 15.3 Å². The predicted octanol–water partition coefficient (Wildman–Crippen LogP) is 0.162. The van der Waals surface area contributed by atoms with Gasteiger partial charge in [0.2, 0.25) is 5.78 Å². The maximum absolute atomic E-state index is 14.3. The molecule has 0 saturated carbocycles. The van der Waals surface area contributed by atoms with Gasteiger partial charge in [-0.3, -0.25) is 14.4 Å². The first-order valence-corrected chi connectivity index (χ1v) is 7.51. The van der Waals surface area contributed by atoms with Gasteiger partial charge in [0, 0.05) is 29.3 Å². The highest BCUT2D eigenvalue weighted by Crippen LogP contribution is 2.30. The summed E-state index contributed by atoms with van der Waals surface area (Å²) in [6.45, 7) is 0.138. The normalized spacial score (nSPS) is 23.7. The van der Waals surface area contributed by atoms with Gasteiger partial charge in [-0.1, -0.05) is 6.07 Å². The van der Waals surface area contributed by atoms with Crippen LogP contribution in [0.4, 0.5) is 4.39 Å². The molecule has 2 heterocycles. The van der Waals surface area contributed by atoms with E-state index < -0.39 is 24.2 Å². The van der Waals surface area contributed by atoms with E-state index in [1.807, 2.05) is 0 Å². The fourth-order valence-electron chi connectivity index (χ4n) is 3.27. The monoisotopic (exact) mass is 320 g/mol. The van der Waals surface area contributed by atoms with Crippen LogP contribution in [0.1, 0.15) is 34.3 Å². The summed E-state index contributed by atoms with van der Waals surface area (Å²) >= 11 is 0. The Morgan fingerprint density at radius 3 is 2.83 bits per heavy atom. The van der Waals surface area contributed by atoms with Crippen LogP contribution < -0.4 is 5.32 Å². The number of aliphatic hydroxyl groups excluding tert-OH is 1. The number of carbonyl (C=O) groups is 3. The number of carbonyl (C=O) groups excluding carboxylic acids is 3. The number of nitrogens with one attached hydrogen (secondary N) is 1. The number of halogens is 1. The SMILES string of the molecule is O=CC(=O)C1CCC(N2Cc3c(ccc(CO)c3F)C2=O)CN1. The molecular weight excluding hydrogens is 303 g/mol. The number of Topliss-reactive ketones (excluding diaryl/α,β-unsaturated/α-hetero) is 1. The summed E-state index contributed by atoms with van der Waals surface area (Å²) in [5.74, 6) is -1.26. The van der Waals surface area contributed by atoms with E-state index in [0.29, 0.717) is 36.8 Å². The highest BCUT2D eigenvalue weighted by atomic mass is 19.1. The van der Waals surface area contributed by atoms with Crippen LogP contribution in [0.3, 0.4) is 0 Å². The fraction of sp³-hybridized carbons (Fsp3) is 0.438. The molecule has 0 radical (unpaired) electrons. The molecule has 1 fully saturated rings. The van der Waals surface area contributed by atoms with Crippen LogP contribution in [-0.2, 0) is 22.7 Å². The zero-order valence-electron chi connectivity index (χ0n) is 12.4. The molecule has 6 nitrogen and oxygen atoms in total. The number of nitrogens with zero attached hydrogens (tertiary/aromatic N) is 1. The van der Waals surface area contributed by atoms with Gasteiger partial charge in [0.05, 0.1) is 19.2 Å². The Morgan fingerprint density at radius 1 is 1.43 bits per heavy atom. The number of ketones is 1. The molecular formula is C16H17FN2O4. The van der Waals surface area contributed by atoms with Gasteiger partial charge >= 0.3 is 0 Å². The second-order valence-corrected chi connectivity index (χ2v) is 5.87. The number of piperidine rings is 1. The lowest BCUT2D eigenvalue weighted by Crippen LogP contribution is -2.52. The maximum Gasteiger partial charge on any atom is 0.254 e. The molecule has 1 saturated heterocycles. The van der Waals surface area contributed by atoms with Crippen molar-refractivity contribution in [2.24, 2.45) is 0 Å². The molecule has 2 N–H and O–H groups in total. The second kappa shape index (κ2) is 6.17. The van der Waals surface area contributed by atoms with Crippen LogP contribution in [0.15, 0.2) is 12.1 Å². The average Bonchev–Trinajstić information content (AvgIpc) is 2.92. The summed E-state index contributed by atoms with van der Waals surface area (Å²) in [6, 6.07) is 2.32. The summed E-state index contributed by atoms with van der Waals surface area (Å²) in [6.07, 6.45) is 1.35. The Labute approximate surface area is 132 Å². The van der Waals surface area contributed by atoms with Crippen molar-refractivity contribution < 1.29 is 23.9 Å². The standard InChI is InChI=1S/C16H17FN2O4/c17-15-9(7-20)1-3-11-12(15)6-19(16(11)23)10-2-4-13(18-5-10)14(22)8-21/h1,3,8,10,13,18,20H,2,4-7H2. The molecule has 1 aromatic rings. The lowest BCUT2D eigenvalue weighted by Gasteiger charge is -2.34. The van der Waals surface area contributed by atoms with Crippen LogP contribution in [0, 0.1) is 5.82 Å². The van der Waals surface area contributed by atoms with Crippen LogP contribution >= 0.6 is 0 Å². The number of hydrogen-bond acceptors (Lipinski definition) is 5. The van der Waals surface area contributed by atoms with Crippen LogP contribution in [0.2, 0.25) is 0 Å². The summed E-state index contributed by atoms with van der Waals surface area (Å²) in [5.41, 5.74) is 0.815. The van der Waals surface area contributed by atoms with Gasteiger partial charge in [0.15, 0.2) is 6.29 Å². The summed E-state index contributed by atoms with van der Waals surface area (Å²) in [5, 5.41) is 12.1. The van der Waals surface area contributed by atoms with Gasteiger partial charge in [-0.15, -0.1) is 0 Å². The Hall–Kier alpha value is -2.12. The van der Waals surface area contributed by atoms with E-state index in [-0.39, 0.29) is 24.1 Å². The van der Waals surface area contributed by atoms with Crippen molar-refractivity contribution in [1.82, 2.24) is 10.2 Å². The minimum atomic E-state index is -0.529. The number of rotatable bonds is 4. The second-order valence-electron chi connectivity index (χ2n) is 5.87. The van der Waals surface area contributed by atoms with E-state index in [9.17, 15) is 18.8 Å². The third-order valence-electron chi connectivity index (χ3n) is 4.60. The molecule has 122 valence electrons. The number of amides is 1. The van der Waals surface area contributed by atoms with E-state index in [2.05, 4.69) is 5.32 Å². The van der Waals surface area contributed by atoms with E-state index >= 15 is 0 Å². The number of fused-ring (bicyclic) bond motifs is 1. The van der Waals surface area contributed by atoms with Crippen molar-refractivity contribution in [3.05, 3.63) is 34.6 Å². The van der Waals surface area contributed by atoms with Crippen molar-refractivity contribution in [1.29, 1.82) is 0 Å². The number of aldehydes is 1. The lowest BCUT2D eigenvalue weighted by atomic mass is 9.97. The summed E-state index contributed by atoms with van der Waals surface area (Å²) < 4.78 is 14.3. The summed E-state index contributed by atoms with van der Waals surface area (Å²) in [4.78, 5) is 35.9. The molecule has 0 bridgehead atoms. The molecule has 7 heteroatoms. The van der Waals surface area contributed by atoms with Crippen molar-refractivity contribution in [2.45, 2.75) is 38.1 Å². The van der Waals surface area contributed by atoms with Crippen LogP contribution in [-0.4, -0.2) is 46.6 Å². The highest BCUT2D eigenvalue weighted by molar-refractivity contribution is 6.27. The first kappa shape index (κ1) is 15.8. The van der Waals surface area contributed by atoms with E-state index in [1.54, 1.807) is 11.0 Å². The summed E-state index contributed by atoms with van der Waals surface area (Å²) in [7, 11) is 0. The Bertz CT molecular complexity index is 668. The quantitative estimate of drug-likeness (QED) is 0.610. The number of benzene rings is 1. The molecule has 0 spiro atoms. The Kier molecular flexibility index (Phi) is 4.23. The van der Waals surface area contributed by atoms with Gasteiger partial charge in [-0.05, 0) is 18.9 Å². The van der Waals surface area contributed by atoms with Gasteiger partial charge in [0.25, 0.3) is 5.91 Å². The van der Waals surface area contributed by atoms with Crippen molar-refractivity contribution in [2.75, 3.05) is 6.54 Å². The molecule has 2 unspecified atom stereocenters. The zero-order chi connectivity index (χ0) is 16.6. The first-order chi connectivity index (χ1) is 11.1. The highest BCUT2D eigenvalue weighted by Gasteiger charge is 2.37. The molecule has 1 aromatic carbocycles. The Balaban J connectivity index is 1.74. The fourth-order valence-corrected chi connectivity index (χ4v) is 3.27. The van der Waals surface area contributed by atoms with Gasteiger partial charge in [-0.25, -0.2) is 4.39 Å². The van der Waals surface area contributed by atoms with Crippen molar-refractivity contribution in [3.8, 4) is 0 Å². The van der Waals surface area contributed by atoms with Crippen molar-refractivity contribution in [3.63, 3.8) is 0 Å². The van der Waals surface area contributed by atoms with Gasteiger partial charge in [0.1, 0.15) is 5.82 Å². The third kappa shape index (κ3) is 2.66. The predicted molar refractivity (Wildman–Crippen MR) is 78.1 cm³/mol. The number of aliphatic hydroxyl groups is 1. The minimum Gasteiger partial charge on any atom is -0.392 e. The van der Waals surface area contributed by atoms with E-state index in [4.69, 9.17) is 5.11 Å². The molecule has 0 aliphatic carbocycles. The largest absolute Gasteiger partial charge is 0.392 e. The topological polar surface area (TPSA) is 86.7 Å². The zero-order valence-corrected chi connectivity index (χ0v) is 12.4.